The van der Waals surface area contributed by atoms with Gasteiger partial charge in [0, 0.05) is 23.1 Å². The first-order valence-corrected chi connectivity index (χ1v) is 10.4. The molecule has 0 bridgehead atoms. The van der Waals surface area contributed by atoms with Crippen LogP contribution in [0.3, 0.4) is 0 Å². The molecule has 0 amide bonds. The van der Waals surface area contributed by atoms with E-state index >= 15 is 0 Å². The Hall–Kier alpha value is -2.67. The molecule has 1 atom stereocenters. The first kappa shape index (κ1) is 22.0. The van der Waals surface area contributed by atoms with E-state index in [0.717, 1.165) is 21.2 Å². The van der Waals surface area contributed by atoms with Gasteiger partial charge >= 0.3 is 5.97 Å². The molecule has 0 saturated heterocycles. The van der Waals surface area contributed by atoms with Crippen molar-refractivity contribution in [1.29, 1.82) is 0 Å². The lowest BCUT2D eigenvalue weighted by atomic mass is 10.1. The number of halogens is 1. The molecule has 30 heavy (non-hydrogen) atoms. The van der Waals surface area contributed by atoms with Gasteiger partial charge in [-0.15, -0.1) is 0 Å². The summed E-state index contributed by atoms with van der Waals surface area (Å²) in [5, 5.41) is 13.6. The van der Waals surface area contributed by atoms with E-state index in [2.05, 4.69) is 21.2 Å². The number of hydrogen-bond donors (Lipinski definition) is 2. The molecular weight excluding hydrogens is 446 g/mol. The monoisotopic (exact) mass is 469 g/mol. The van der Waals surface area contributed by atoms with Crippen molar-refractivity contribution in [2.75, 3.05) is 13.7 Å². The number of methoxy groups -OCH3 is 1. The third-order valence-corrected chi connectivity index (χ3v) is 5.06. The summed E-state index contributed by atoms with van der Waals surface area (Å²) in [7, 11) is 1.37. The van der Waals surface area contributed by atoms with Crippen LogP contribution in [0.5, 0.6) is 11.5 Å². The molecular formula is C24H24BrNO4. The fourth-order valence-electron chi connectivity index (χ4n) is 3.01. The van der Waals surface area contributed by atoms with Crippen molar-refractivity contribution in [2.24, 2.45) is 0 Å². The van der Waals surface area contributed by atoms with E-state index in [-0.39, 0.29) is 12.4 Å². The van der Waals surface area contributed by atoms with Gasteiger partial charge in [-0.3, -0.25) is 4.79 Å². The van der Waals surface area contributed by atoms with Gasteiger partial charge in [0.15, 0.2) is 0 Å². The highest BCUT2D eigenvalue weighted by Gasteiger charge is 2.10. The number of aliphatic hydroxyl groups is 1. The van der Waals surface area contributed by atoms with Crippen LogP contribution in [-0.2, 0) is 22.5 Å². The van der Waals surface area contributed by atoms with Crippen LogP contribution in [0.4, 0.5) is 0 Å². The Bertz CT molecular complexity index is 978. The Kier molecular flexibility index (Phi) is 8.02. The SMILES string of the molecule is COC(=O)Cc1cccc(Oc2ccc(Br)cc2CNC[C@H](O)c2ccccc2)c1. The van der Waals surface area contributed by atoms with Gasteiger partial charge in [0.2, 0.25) is 0 Å². The summed E-state index contributed by atoms with van der Waals surface area (Å²) in [5.74, 6) is 1.05. The van der Waals surface area contributed by atoms with Crippen LogP contribution in [0.1, 0.15) is 22.8 Å². The predicted octanol–water partition coefficient (Wildman–Crippen LogP) is 4.78. The summed E-state index contributed by atoms with van der Waals surface area (Å²) in [6.07, 6.45) is -0.391. The van der Waals surface area contributed by atoms with Crippen LogP contribution in [-0.4, -0.2) is 24.7 Å². The Balaban J connectivity index is 1.66. The minimum absolute atomic E-state index is 0.194. The van der Waals surface area contributed by atoms with Crippen molar-refractivity contribution in [1.82, 2.24) is 5.32 Å². The van der Waals surface area contributed by atoms with Crippen molar-refractivity contribution in [3.05, 3.63) is 94.0 Å². The second kappa shape index (κ2) is 10.9. The summed E-state index contributed by atoms with van der Waals surface area (Å²) in [6.45, 7) is 0.950. The molecule has 6 heteroatoms. The zero-order chi connectivity index (χ0) is 21.3. The highest BCUT2D eigenvalue weighted by molar-refractivity contribution is 9.10. The largest absolute Gasteiger partial charge is 0.469 e. The number of nitrogens with one attached hydrogen (secondary N) is 1. The maximum absolute atomic E-state index is 11.5. The molecule has 0 radical (unpaired) electrons. The Labute approximate surface area is 184 Å². The summed E-state index contributed by atoms with van der Waals surface area (Å²) in [5.41, 5.74) is 2.64. The number of carbonyl (C=O) groups excluding carboxylic acids is 1. The second-order valence-electron chi connectivity index (χ2n) is 6.81. The molecule has 5 nitrogen and oxygen atoms in total. The van der Waals surface area contributed by atoms with Gasteiger partial charge in [0.05, 0.1) is 19.6 Å². The van der Waals surface area contributed by atoms with Gasteiger partial charge in [-0.1, -0.05) is 58.4 Å². The molecule has 3 aromatic carbocycles. The number of benzene rings is 3. The maximum atomic E-state index is 11.5. The van der Waals surface area contributed by atoms with Gasteiger partial charge in [-0.2, -0.15) is 0 Å². The van der Waals surface area contributed by atoms with E-state index in [1.165, 1.54) is 7.11 Å². The Morgan fingerprint density at radius 2 is 1.87 bits per heavy atom. The molecule has 0 heterocycles. The third kappa shape index (κ3) is 6.42. The fraction of sp³-hybridized carbons (Fsp3) is 0.208. The second-order valence-corrected chi connectivity index (χ2v) is 7.73. The molecule has 156 valence electrons. The Morgan fingerprint density at radius 3 is 2.63 bits per heavy atom. The first-order chi connectivity index (χ1) is 14.5. The lowest BCUT2D eigenvalue weighted by Gasteiger charge is -2.15. The number of ether oxygens (including phenoxy) is 2. The van der Waals surface area contributed by atoms with Crippen LogP contribution in [0.25, 0.3) is 0 Å². The van der Waals surface area contributed by atoms with Crippen molar-refractivity contribution in [3.63, 3.8) is 0 Å². The summed E-state index contributed by atoms with van der Waals surface area (Å²) >= 11 is 3.50. The van der Waals surface area contributed by atoms with Gasteiger partial charge in [-0.05, 0) is 41.5 Å². The van der Waals surface area contributed by atoms with Crippen molar-refractivity contribution >= 4 is 21.9 Å². The maximum Gasteiger partial charge on any atom is 0.309 e. The standard InChI is InChI=1S/C24H24BrNO4/c1-29-24(28)13-17-6-5-9-21(12-17)30-23-11-10-20(25)14-19(23)15-26-16-22(27)18-7-3-2-4-8-18/h2-12,14,22,26-27H,13,15-16H2,1H3/t22-/m0/s1. The van der Waals surface area contributed by atoms with Crippen molar-refractivity contribution in [3.8, 4) is 11.5 Å². The minimum atomic E-state index is -0.585. The molecule has 0 saturated carbocycles. The minimum Gasteiger partial charge on any atom is -0.469 e. The number of rotatable bonds is 9. The normalized spacial score (nSPS) is 11.7. The molecule has 0 fully saturated rings. The van der Waals surface area contributed by atoms with E-state index in [1.54, 1.807) is 0 Å². The van der Waals surface area contributed by atoms with Gasteiger partial charge in [-0.25, -0.2) is 0 Å². The van der Waals surface area contributed by atoms with E-state index in [4.69, 9.17) is 9.47 Å². The number of esters is 1. The lowest BCUT2D eigenvalue weighted by molar-refractivity contribution is -0.139. The molecule has 2 N–H and O–H groups in total. The molecule has 0 spiro atoms. The van der Waals surface area contributed by atoms with E-state index in [9.17, 15) is 9.90 Å². The van der Waals surface area contributed by atoms with Gasteiger partial charge < -0.3 is 19.9 Å². The molecule has 3 aromatic rings. The number of hydrogen-bond acceptors (Lipinski definition) is 5. The van der Waals surface area contributed by atoms with Crippen LogP contribution < -0.4 is 10.1 Å². The van der Waals surface area contributed by atoms with Gasteiger partial charge in [0.1, 0.15) is 11.5 Å². The van der Waals surface area contributed by atoms with Crippen LogP contribution >= 0.6 is 15.9 Å². The average molecular weight is 470 g/mol. The van der Waals surface area contributed by atoms with Crippen molar-refractivity contribution in [2.45, 2.75) is 19.1 Å². The highest BCUT2D eigenvalue weighted by atomic mass is 79.9. The summed E-state index contributed by atoms with van der Waals surface area (Å²) in [6, 6.07) is 22.7. The van der Waals surface area contributed by atoms with E-state index in [0.29, 0.717) is 24.6 Å². The van der Waals surface area contributed by atoms with Crippen LogP contribution in [0.2, 0.25) is 0 Å². The van der Waals surface area contributed by atoms with Crippen LogP contribution in [0, 0.1) is 0 Å². The van der Waals surface area contributed by atoms with Crippen molar-refractivity contribution < 1.29 is 19.4 Å². The lowest BCUT2D eigenvalue weighted by Crippen LogP contribution is -2.21. The first-order valence-electron chi connectivity index (χ1n) is 9.61. The van der Waals surface area contributed by atoms with Crippen LogP contribution in [0.15, 0.2) is 77.3 Å². The molecule has 0 aliphatic carbocycles. The van der Waals surface area contributed by atoms with Gasteiger partial charge in [0.25, 0.3) is 0 Å². The molecule has 0 aliphatic rings. The Morgan fingerprint density at radius 1 is 1.07 bits per heavy atom. The highest BCUT2D eigenvalue weighted by Crippen LogP contribution is 2.29. The number of aliphatic hydroxyl groups excluding tert-OH is 1. The fourth-order valence-corrected chi connectivity index (χ4v) is 3.42. The molecule has 0 aliphatic heterocycles. The third-order valence-electron chi connectivity index (χ3n) is 4.56. The molecule has 0 unspecified atom stereocenters. The smallest absolute Gasteiger partial charge is 0.309 e. The molecule has 3 rings (SSSR count). The van der Waals surface area contributed by atoms with E-state index in [1.807, 2.05) is 72.8 Å². The topological polar surface area (TPSA) is 67.8 Å². The average Bonchev–Trinajstić information content (AvgIpc) is 2.76. The van der Waals surface area contributed by atoms with E-state index < -0.39 is 6.10 Å². The zero-order valence-electron chi connectivity index (χ0n) is 16.7. The molecule has 0 aromatic heterocycles. The zero-order valence-corrected chi connectivity index (χ0v) is 18.3. The quantitative estimate of drug-likeness (QED) is 0.441. The summed E-state index contributed by atoms with van der Waals surface area (Å²) < 4.78 is 11.8. The predicted molar refractivity (Wildman–Crippen MR) is 119 cm³/mol. The summed E-state index contributed by atoms with van der Waals surface area (Å²) in [4.78, 5) is 11.5. The number of carbonyl (C=O) groups is 1.